The van der Waals surface area contributed by atoms with Crippen LogP contribution in [0.4, 0.5) is 4.39 Å². The zero-order valence-electron chi connectivity index (χ0n) is 12.0. The molecule has 2 aromatic carbocycles. The summed E-state index contributed by atoms with van der Waals surface area (Å²) in [5, 5.41) is 7.06. The normalized spacial score (nSPS) is 11.7. The molecule has 110 valence electrons. The maximum absolute atomic E-state index is 12.8. The average Bonchev–Trinajstić information content (AvgIpc) is 2.50. The Morgan fingerprint density at radius 2 is 1.76 bits per heavy atom. The summed E-state index contributed by atoms with van der Waals surface area (Å²) in [6.45, 7) is 2.79. The van der Waals surface area contributed by atoms with Crippen LogP contribution in [0.15, 0.2) is 54.6 Å². The molecule has 0 fully saturated rings. The standard InChI is InChI=1S/C17H19FN2S/c1-13(15-5-3-2-4-6-15)20-17(21)19-12-11-14-7-9-16(18)10-8-14/h2-10,13H,11-12H2,1H3,(H2,19,20,21). The minimum absolute atomic E-state index is 0.164. The zero-order valence-corrected chi connectivity index (χ0v) is 12.8. The Hall–Kier alpha value is -1.94. The second kappa shape index (κ2) is 7.74. The van der Waals surface area contributed by atoms with E-state index in [1.54, 1.807) is 12.1 Å². The lowest BCUT2D eigenvalue weighted by molar-refractivity contribution is 0.626. The quantitative estimate of drug-likeness (QED) is 0.825. The van der Waals surface area contributed by atoms with Crippen LogP contribution in [0.3, 0.4) is 0 Å². The van der Waals surface area contributed by atoms with Gasteiger partial charge in [-0.05, 0) is 48.8 Å². The van der Waals surface area contributed by atoms with Crippen molar-refractivity contribution in [2.24, 2.45) is 0 Å². The molecule has 0 saturated heterocycles. The first-order chi connectivity index (χ1) is 10.1. The predicted molar refractivity (Wildman–Crippen MR) is 88.7 cm³/mol. The summed E-state index contributed by atoms with van der Waals surface area (Å²) in [6.07, 6.45) is 0.807. The molecule has 1 unspecified atom stereocenters. The minimum Gasteiger partial charge on any atom is -0.362 e. The summed E-state index contributed by atoms with van der Waals surface area (Å²) < 4.78 is 12.8. The number of nitrogens with one attached hydrogen (secondary N) is 2. The van der Waals surface area contributed by atoms with E-state index in [1.807, 2.05) is 18.2 Å². The van der Waals surface area contributed by atoms with Gasteiger partial charge in [0.2, 0.25) is 0 Å². The van der Waals surface area contributed by atoms with Crippen LogP contribution in [0.5, 0.6) is 0 Å². The molecule has 0 aliphatic carbocycles. The monoisotopic (exact) mass is 302 g/mol. The molecule has 2 nitrogen and oxygen atoms in total. The highest BCUT2D eigenvalue weighted by Crippen LogP contribution is 2.10. The summed E-state index contributed by atoms with van der Waals surface area (Å²) in [5.74, 6) is -0.208. The van der Waals surface area contributed by atoms with Crippen LogP contribution in [0.1, 0.15) is 24.1 Å². The van der Waals surface area contributed by atoms with E-state index >= 15 is 0 Å². The summed E-state index contributed by atoms with van der Waals surface area (Å²) in [4.78, 5) is 0. The van der Waals surface area contributed by atoms with E-state index in [0.29, 0.717) is 5.11 Å². The molecule has 2 N–H and O–H groups in total. The summed E-state index contributed by atoms with van der Waals surface area (Å²) in [6, 6.07) is 16.9. The number of thiocarbonyl (C=S) groups is 1. The van der Waals surface area contributed by atoms with Gasteiger partial charge in [-0.2, -0.15) is 0 Å². The fourth-order valence-electron chi connectivity index (χ4n) is 2.04. The van der Waals surface area contributed by atoms with Gasteiger partial charge in [0.05, 0.1) is 6.04 Å². The molecule has 1 atom stereocenters. The smallest absolute Gasteiger partial charge is 0.166 e. The molecule has 0 amide bonds. The van der Waals surface area contributed by atoms with E-state index in [4.69, 9.17) is 12.2 Å². The topological polar surface area (TPSA) is 24.1 Å². The van der Waals surface area contributed by atoms with Crippen LogP contribution in [0, 0.1) is 5.82 Å². The highest BCUT2D eigenvalue weighted by atomic mass is 32.1. The van der Waals surface area contributed by atoms with Crippen molar-refractivity contribution in [3.8, 4) is 0 Å². The van der Waals surface area contributed by atoms with Crippen molar-refractivity contribution in [2.45, 2.75) is 19.4 Å². The van der Waals surface area contributed by atoms with Crippen LogP contribution in [0.25, 0.3) is 0 Å². The highest BCUT2D eigenvalue weighted by Gasteiger charge is 2.05. The van der Waals surface area contributed by atoms with Crippen molar-refractivity contribution in [1.82, 2.24) is 10.6 Å². The van der Waals surface area contributed by atoms with Gasteiger partial charge in [-0.25, -0.2) is 4.39 Å². The first-order valence-electron chi connectivity index (χ1n) is 6.99. The van der Waals surface area contributed by atoms with Crippen LogP contribution < -0.4 is 10.6 Å². The lowest BCUT2D eigenvalue weighted by Crippen LogP contribution is -2.37. The molecule has 0 aliphatic heterocycles. The third-order valence-corrected chi connectivity index (χ3v) is 3.52. The van der Waals surface area contributed by atoms with Gasteiger partial charge < -0.3 is 10.6 Å². The molecule has 2 aromatic rings. The van der Waals surface area contributed by atoms with E-state index in [9.17, 15) is 4.39 Å². The molecular formula is C17H19FN2S. The van der Waals surface area contributed by atoms with Gasteiger partial charge in [0.25, 0.3) is 0 Å². The Morgan fingerprint density at radius 1 is 1.10 bits per heavy atom. The van der Waals surface area contributed by atoms with Gasteiger partial charge in [-0.1, -0.05) is 42.5 Å². The van der Waals surface area contributed by atoms with E-state index in [0.717, 1.165) is 18.5 Å². The van der Waals surface area contributed by atoms with Crippen molar-refractivity contribution in [3.63, 3.8) is 0 Å². The second-order valence-corrected chi connectivity index (χ2v) is 5.32. The van der Waals surface area contributed by atoms with Gasteiger partial charge in [0.1, 0.15) is 5.82 Å². The van der Waals surface area contributed by atoms with Crippen LogP contribution in [0.2, 0.25) is 0 Å². The fourth-order valence-corrected chi connectivity index (χ4v) is 2.32. The van der Waals surface area contributed by atoms with E-state index < -0.39 is 0 Å². The molecule has 0 radical (unpaired) electrons. The molecular weight excluding hydrogens is 283 g/mol. The van der Waals surface area contributed by atoms with Crippen molar-refractivity contribution < 1.29 is 4.39 Å². The molecule has 0 heterocycles. The Labute approximate surface area is 130 Å². The molecule has 0 aromatic heterocycles. The lowest BCUT2D eigenvalue weighted by Gasteiger charge is -2.17. The Morgan fingerprint density at radius 3 is 2.43 bits per heavy atom. The molecule has 0 spiro atoms. The number of benzene rings is 2. The van der Waals surface area contributed by atoms with Crippen LogP contribution in [-0.4, -0.2) is 11.7 Å². The Balaban J connectivity index is 1.73. The van der Waals surface area contributed by atoms with Gasteiger partial charge in [-0.3, -0.25) is 0 Å². The number of rotatable bonds is 5. The molecule has 0 aliphatic rings. The van der Waals surface area contributed by atoms with Gasteiger partial charge >= 0.3 is 0 Å². The van der Waals surface area contributed by atoms with Crippen molar-refractivity contribution >= 4 is 17.3 Å². The van der Waals surface area contributed by atoms with Gasteiger partial charge in [0.15, 0.2) is 5.11 Å². The number of halogens is 1. The summed E-state index contributed by atoms with van der Waals surface area (Å²) in [7, 11) is 0. The molecule has 2 rings (SSSR count). The predicted octanol–water partition coefficient (Wildman–Crippen LogP) is 3.59. The van der Waals surface area contributed by atoms with Crippen LogP contribution >= 0.6 is 12.2 Å². The van der Waals surface area contributed by atoms with E-state index in [-0.39, 0.29) is 11.9 Å². The summed E-state index contributed by atoms with van der Waals surface area (Å²) >= 11 is 5.28. The molecule has 4 heteroatoms. The number of hydrogen-bond acceptors (Lipinski definition) is 1. The van der Waals surface area contributed by atoms with E-state index in [2.05, 4.69) is 29.7 Å². The molecule has 0 saturated carbocycles. The third-order valence-electron chi connectivity index (χ3n) is 3.26. The third kappa shape index (κ3) is 5.16. The average molecular weight is 302 g/mol. The second-order valence-electron chi connectivity index (χ2n) is 4.91. The van der Waals surface area contributed by atoms with E-state index in [1.165, 1.54) is 17.7 Å². The molecule has 0 bridgehead atoms. The first-order valence-corrected chi connectivity index (χ1v) is 7.40. The van der Waals surface area contributed by atoms with Crippen molar-refractivity contribution in [2.75, 3.05) is 6.54 Å². The van der Waals surface area contributed by atoms with Crippen molar-refractivity contribution in [3.05, 3.63) is 71.5 Å². The lowest BCUT2D eigenvalue weighted by atomic mass is 10.1. The van der Waals surface area contributed by atoms with Gasteiger partial charge in [0, 0.05) is 6.54 Å². The minimum atomic E-state index is -0.208. The zero-order chi connectivity index (χ0) is 15.1. The highest BCUT2D eigenvalue weighted by molar-refractivity contribution is 7.80. The summed E-state index contributed by atoms with van der Waals surface area (Å²) in [5.41, 5.74) is 2.28. The fraction of sp³-hybridized carbons (Fsp3) is 0.235. The largest absolute Gasteiger partial charge is 0.362 e. The Bertz CT molecular complexity index is 569. The maximum atomic E-state index is 12.8. The maximum Gasteiger partial charge on any atom is 0.166 e. The molecule has 21 heavy (non-hydrogen) atoms. The number of hydrogen-bond donors (Lipinski definition) is 2. The SMILES string of the molecule is CC(NC(=S)NCCc1ccc(F)cc1)c1ccccc1. The van der Waals surface area contributed by atoms with Crippen LogP contribution in [-0.2, 0) is 6.42 Å². The first kappa shape index (κ1) is 15.4. The van der Waals surface area contributed by atoms with Crippen molar-refractivity contribution in [1.29, 1.82) is 0 Å². The Kier molecular flexibility index (Phi) is 5.69. The van der Waals surface area contributed by atoms with Gasteiger partial charge in [-0.15, -0.1) is 0 Å².